The van der Waals surface area contributed by atoms with E-state index >= 15 is 0 Å². The number of carbonyl (C=O) groups is 1. The van der Waals surface area contributed by atoms with Crippen LogP contribution >= 0.6 is 23.2 Å². The van der Waals surface area contributed by atoms with E-state index in [0.717, 1.165) is 47.2 Å². The van der Waals surface area contributed by atoms with E-state index in [1.807, 2.05) is 43.3 Å². The molecule has 4 rings (SSSR count). The summed E-state index contributed by atoms with van der Waals surface area (Å²) in [6, 6.07) is 15.4. The van der Waals surface area contributed by atoms with E-state index in [0.29, 0.717) is 23.1 Å². The van der Waals surface area contributed by atoms with Crippen molar-refractivity contribution in [3.8, 4) is 6.07 Å². The Balaban J connectivity index is 1.68. The summed E-state index contributed by atoms with van der Waals surface area (Å²) in [5, 5.41) is 14.7. The van der Waals surface area contributed by atoms with Crippen LogP contribution in [0.3, 0.4) is 0 Å². The lowest BCUT2D eigenvalue weighted by molar-refractivity contribution is -0.117. The number of rotatable bonds is 6. The Morgan fingerprint density at radius 1 is 1.31 bits per heavy atom. The van der Waals surface area contributed by atoms with Gasteiger partial charge < -0.3 is 14.6 Å². The van der Waals surface area contributed by atoms with Crippen molar-refractivity contribution >= 4 is 46.1 Å². The number of amides is 1. The number of aromatic nitrogens is 1. The fraction of sp³-hybridized carbons (Fsp3) is 0.280. The number of hydrogen-bond acceptors (Lipinski definition) is 3. The van der Waals surface area contributed by atoms with Crippen LogP contribution in [-0.4, -0.2) is 29.7 Å². The minimum Gasteiger partial charge on any atom is -0.376 e. The highest BCUT2D eigenvalue weighted by Gasteiger charge is 2.19. The molecular formula is C25H23Cl2N3O2. The molecule has 2 heterocycles. The van der Waals surface area contributed by atoms with Crippen LogP contribution in [0, 0.1) is 18.3 Å². The highest BCUT2D eigenvalue weighted by molar-refractivity contribution is 6.35. The van der Waals surface area contributed by atoms with Gasteiger partial charge >= 0.3 is 0 Å². The first-order chi connectivity index (χ1) is 15.5. The van der Waals surface area contributed by atoms with Gasteiger partial charge in [0, 0.05) is 51.9 Å². The number of nitriles is 1. The van der Waals surface area contributed by atoms with Crippen molar-refractivity contribution in [3.05, 3.63) is 74.9 Å². The van der Waals surface area contributed by atoms with E-state index in [1.165, 1.54) is 0 Å². The van der Waals surface area contributed by atoms with Gasteiger partial charge in [0.1, 0.15) is 11.6 Å². The molecule has 3 aromatic rings. The largest absolute Gasteiger partial charge is 0.376 e. The molecule has 7 heteroatoms. The van der Waals surface area contributed by atoms with Crippen LogP contribution in [0.25, 0.3) is 17.0 Å². The van der Waals surface area contributed by atoms with Crippen molar-refractivity contribution in [3.63, 3.8) is 0 Å². The minimum atomic E-state index is -0.389. The molecule has 2 aromatic carbocycles. The average molecular weight is 468 g/mol. The lowest BCUT2D eigenvalue weighted by Gasteiger charge is -2.11. The van der Waals surface area contributed by atoms with Gasteiger partial charge in [-0.2, -0.15) is 5.26 Å². The Morgan fingerprint density at radius 3 is 2.84 bits per heavy atom. The lowest BCUT2D eigenvalue weighted by atomic mass is 10.1. The Labute approximate surface area is 197 Å². The monoisotopic (exact) mass is 467 g/mol. The molecule has 1 amide bonds. The number of ether oxygens (including phenoxy) is 1. The van der Waals surface area contributed by atoms with E-state index in [4.69, 9.17) is 27.9 Å². The van der Waals surface area contributed by atoms with Crippen LogP contribution < -0.4 is 5.32 Å². The molecule has 5 nitrogen and oxygen atoms in total. The van der Waals surface area contributed by atoms with E-state index in [-0.39, 0.29) is 17.6 Å². The van der Waals surface area contributed by atoms with Crippen LogP contribution in [0.5, 0.6) is 0 Å². The Kier molecular flexibility index (Phi) is 6.86. The zero-order valence-electron chi connectivity index (χ0n) is 17.7. The molecule has 0 aliphatic carbocycles. The maximum atomic E-state index is 12.7. The number of halogens is 2. The maximum absolute atomic E-state index is 12.7. The molecule has 1 atom stereocenters. The molecule has 1 unspecified atom stereocenters. The van der Waals surface area contributed by atoms with Crippen molar-refractivity contribution in [1.82, 2.24) is 9.88 Å². The van der Waals surface area contributed by atoms with Gasteiger partial charge in [0.05, 0.1) is 6.10 Å². The van der Waals surface area contributed by atoms with Gasteiger partial charge in [-0.3, -0.25) is 4.79 Å². The van der Waals surface area contributed by atoms with Crippen LogP contribution in [0.15, 0.2) is 48.0 Å². The molecule has 1 saturated heterocycles. The molecule has 1 N–H and O–H groups in total. The van der Waals surface area contributed by atoms with E-state index in [2.05, 4.69) is 16.0 Å². The second-order valence-electron chi connectivity index (χ2n) is 7.85. The third kappa shape index (κ3) is 4.68. The van der Waals surface area contributed by atoms with E-state index in [1.54, 1.807) is 12.1 Å². The molecule has 32 heavy (non-hydrogen) atoms. The SMILES string of the molecule is Cc1c(/C=C(/C#N)C(=O)NCC2CCCO2)c2ccccc2n1Cc1ccc(Cl)cc1Cl. The molecule has 0 bridgehead atoms. The number of nitrogens with one attached hydrogen (secondary N) is 1. The molecular weight excluding hydrogens is 445 g/mol. The zero-order valence-corrected chi connectivity index (χ0v) is 19.2. The fourth-order valence-corrected chi connectivity index (χ4v) is 4.53. The highest BCUT2D eigenvalue weighted by atomic mass is 35.5. The van der Waals surface area contributed by atoms with Crippen LogP contribution in [-0.2, 0) is 16.1 Å². The van der Waals surface area contributed by atoms with Gasteiger partial charge in [-0.1, -0.05) is 47.5 Å². The quantitative estimate of drug-likeness (QED) is 0.383. The summed E-state index contributed by atoms with van der Waals surface area (Å²) in [6.07, 6.45) is 3.61. The molecule has 164 valence electrons. The molecule has 1 fully saturated rings. The molecule has 1 aliphatic rings. The van der Waals surface area contributed by atoms with Gasteiger partial charge in [-0.25, -0.2) is 0 Å². The fourth-order valence-electron chi connectivity index (χ4n) is 4.06. The van der Waals surface area contributed by atoms with Gasteiger partial charge in [0.2, 0.25) is 0 Å². The number of fused-ring (bicyclic) bond motifs is 1. The summed E-state index contributed by atoms with van der Waals surface area (Å²) in [5.41, 5.74) is 3.79. The van der Waals surface area contributed by atoms with Gasteiger partial charge in [0.15, 0.2) is 0 Å². The van der Waals surface area contributed by atoms with Crippen molar-refractivity contribution in [2.24, 2.45) is 0 Å². The maximum Gasteiger partial charge on any atom is 0.262 e. The molecule has 1 aliphatic heterocycles. The summed E-state index contributed by atoms with van der Waals surface area (Å²) < 4.78 is 7.68. The summed E-state index contributed by atoms with van der Waals surface area (Å²) in [5.74, 6) is -0.389. The Hall–Kier alpha value is -2.78. The first-order valence-electron chi connectivity index (χ1n) is 10.5. The summed E-state index contributed by atoms with van der Waals surface area (Å²) in [4.78, 5) is 12.7. The predicted molar refractivity (Wildman–Crippen MR) is 128 cm³/mol. The smallest absolute Gasteiger partial charge is 0.262 e. The second-order valence-corrected chi connectivity index (χ2v) is 8.70. The molecule has 0 spiro atoms. The van der Waals surface area contributed by atoms with Gasteiger partial charge in [-0.15, -0.1) is 0 Å². The van der Waals surface area contributed by atoms with E-state index in [9.17, 15) is 10.1 Å². The average Bonchev–Trinajstić information content (AvgIpc) is 3.39. The summed E-state index contributed by atoms with van der Waals surface area (Å²) in [6.45, 7) is 3.66. The number of para-hydroxylation sites is 1. The van der Waals surface area contributed by atoms with Crippen molar-refractivity contribution in [2.75, 3.05) is 13.2 Å². The Bertz CT molecular complexity index is 1230. The lowest BCUT2D eigenvalue weighted by Crippen LogP contribution is -2.32. The predicted octanol–water partition coefficient (Wildman–Crippen LogP) is 5.51. The number of benzene rings is 2. The third-order valence-corrected chi connectivity index (χ3v) is 6.38. The molecule has 0 saturated carbocycles. The normalized spacial score (nSPS) is 16.3. The van der Waals surface area contributed by atoms with Crippen LogP contribution in [0.2, 0.25) is 10.0 Å². The molecule has 1 aromatic heterocycles. The standard InChI is InChI=1S/C25H23Cl2N3O2/c1-16-22(11-18(13-28)25(31)29-14-20-5-4-10-32-20)21-6-2-3-7-24(21)30(16)15-17-8-9-19(26)12-23(17)27/h2-3,6-9,11-12,20H,4-5,10,14-15H2,1H3,(H,29,31)/b18-11-. The van der Waals surface area contributed by atoms with Gasteiger partial charge in [0.25, 0.3) is 5.91 Å². The van der Waals surface area contributed by atoms with E-state index < -0.39 is 0 Å². The van der Waals surface area contributed by atoms with Crippen LogP contribution in [0.1, 0.15) is 29.7 Å². The second kappa shape index (κ2) is 9.79. The summed E-state index contributed by atoms with van der Waals surface area (Å²) in [7, 11) is 0. The van der Waals surface area contributed by atoms with Gasteiger partial charge in [-0.05, 0) is 49.6 Å². The third-order valence-electron chi connectivity index (χ3n) is 5.79. The highest BCUT2D eigenvalue weighted by Crippen LogP contribution is 2.30. The topological polar surface area (TPSA) is 67.1 Å². The minimum absolute atomic E-state index is 0.0201. The number of nitrogens with zero attached hydrogens (tertiary/aromatic N) is 2. The van der Waals surface area contributed by atoms with Crippen molar-refractivity contribution < 1.29 is 9.53 Å². The number of hydrogen-bond donors (Lipinski definition) is 1. The first kappa shape index (κ1) is 22.4. The summed E-state index contributed by atoms with van der Waals surface area (Å²) >= 11 is 12.5. The molecule has 0 radical (unpaired) electrons. The van der Waals surface area contributed by atoms with Crippen LogP contribution in [0.4, 0.5) is 0 Å². The zero-order chi connectivity index (χ0) is 22.7. The van der Waals surface area contributed by atoms with Crippen molar-refractivity contribution in [2.45, 2.75) is 32.4 Å². The Morgan fingerprint density at radius 2 is 2.12 bits per heavy atom. The van der Waals surface area contributed by atoms with Crippen molar-refractivity contribution in [1.29, 1.82) is 5.26 Å². The first-order valence-corrected chi connectivity index (χ1v) is 11.3. The number of carbonyl (C=O) groups excluding carboxylic acids is 1.